The highest BCUT2D eigenvalue weighted by Gasteiger charge is 2.32. The van der Waals surface area contributed by atoms with Gasteiger partial charge in [-0.15, -0.1) is 0 Å². The Hall–Kier alpha value is -3.44. The zero-order valence-corrected chi connectivity index (χ0v) is 19.3. The van der Waals surface area contributed by atoms with Crippen LogP contribution >= 0.6 is 11.8 Å². The fraction of sp³-hybridized carbons (Fsp3) is 0.231. The number of esters is 1. The molecule has 0 saturated carbocycles. The summed E-state index contributed by atoms with van der Waals surface area (Å²) in [7, 11) is 0. The van der Waals surface area contributed by atoms with E-state index in [9.17, 15) is 23.2 Å². The maximum atomic E-state index is 13.1. The van der Waals surface area contributed by atoms with Crippen molar-refractivity contribution in [3.8, 4) is 17.6 Å². The minimum absolute atomic E-state index is 0.0222. The third-order valence-corrected chi connectivity index (χ3v) is 5.58. The molecule has 0 heterocycles. The molecule has 0 aliphatic carbocycles. The molecule has 0 amide bonds. The van der Waals surface area contributed by atoms with Crippen LogP contribution < -0.4 is 4.74 Å². The van der Waals surface area contributed by atoms with Gasteiger partial charge in [-0.1, -0.05) is 56.3 Å². The quantitative estimate of drug-likeness (QED) is 0.242. The van der Waals surface area contributed by atoms with Crippen molar-refractivity contribution < 1.29 is 27.4 Å². The van der Waals surface area contributed by atoms with E-state index < -0.39 is 23.5 Å². The van der Waals surface area contributed by atoms with Crippen molar-refractivity contribution in [1.29, 1.82) is 5.26 Å². The molecule has 0 aromatic heterocycles. The first kappa shape index (κ1) is 25.2. The largest absolute Gasteiger partial charge is 0.457 e. The molecule has 0 aliphatic heterocycles. The van der Waals surface area contributed by atoms with Crippen LogP contribution in [0.15, 0.2) is 83.8 Å². The number of alkyl halides is 3. The highest BCUT2D eigenvalue weighted by molar-refractivity contribution is 8.00. The Kier molecular flexibility index (Phi) is 8.24. The number of rotatable bonds is 8. The van der Waals surface area contributed by atoms with Crippen LogP contribution in [0.25, 0.3) is 0 Å². The zero-order chi connectivity index (χ0) is 24.7. The molecule has 3 aromatic rings. The van der Waals surface area contributed by atoms with E-state index in [1.165, 1.54) is 18.2 Å². The summed E-state index contributed by atoms with van der Waals surface area (Å²) in [6, 6.07) is 23.4. The van der Waals surface area contributed by atoms with Gasteiger partial charge in [0.05, 0.1) is 5.92 Å². The number of benzene rings is 3. The lowest BCUT2D eigenvalue weighted by atomic mass is 9.88. The van der Waals surface area contributed by atoms with Gasteiger partial charge in [-0.25, -0.2) is 0 Å². The number of carbonyl (C=O) groups excluding carboxylic acids is 1. The summed E-state index contributed by atoms with van der Waals surface area (Å²) in [6.07, 6.45) is -1.21. The molecular weight excluding hydrogens is 463 g/mol. The molecule has 2 atom stereocenters. The lowest BCUT2D eigenvalue weighted by Crippen LogP contribution is -2.22. The van der Waals surface area contributed by atoms with E-state index in [0.29, 0.717) is 22.6 Å². The monoisotopic (exact) mass is 485 g/mol. The van der Waals surface area contributed by atoms with E-state index >= 15 is 0 Å². The minimum atomic E-state index is -4.44. The van der Waals surface area contributed by atoms with Crippen molar-refractivity contribution in [1.82, 2.24) is 0 Å². The average Bonchev–Trinajstić information content (AvgIpc) is 2.77. The Bertz CT molecular complexity index is 1160. The summed E-state index contributed by atoms with van der Waals surface area (Å²) >= 11 is -0.245. The van der Waals surface area contributed by atoms with E-state index in [0.717, 1.165) is 0 Å². The Morgan fingerprint density at radius 3 is 2.21 bits per heavy atom. The SMILES string of the molecule is CC(C)C(C(=O)OC(C#N)c1cccc(Oc2ccccc2)c1)c1cccc(SC(F)(F)F)c1. The number of para-hydroxylation sites is 1. The lowest BCUT2D eigenvalue weighted by molar-refractivity contribution is -0.150. The van der Waals surface area contributed by atoms with Crippen LogP contribution in [-0.4, -0.2) is 11.5 Å². The molecule has 2 unspecified atom stereocenters. The summed E-state index contributed by atoms with van der Waals surface area (Å²) in [5, 5.41) is 9.68. The van der Waals surface area contributed by atoms with Crippen LogP contribution in [0.5, 0.6) is 11.5 Å². The van der Waals surface area contributed by atoms with Crippen LogP contribution in [0.2, 0.25) is 0 Å². The van der Waals surface area contributed by atoms with Crippen LogP contribution in [0.3, 0.4) is 0 Å². The molecule has 34 heavy (non-hydrogen) atoms. The number of ether oxygens (including phenoxy) is 2. The van der Waals surface area contributed by atoms with Gasteiger partial charge in [0.2, 0.25) is 6.10 Å². The summed E-state index contributed by atoms with van der Waals surface area (Å²) in [5.41, 5.74) is -3.62. The van der Waals surface area contributed by atoms with Crippen LogP contribution in [0, 0.1) is 17.2 Å². The number of nitrogens with zero attached hydrogens (tertiary/aromatic N) is 1. The molecule has 4 nitrogen and oxygen atoms in total. The Labute approximate surface area is 200 Å². The second-order valence-electron chi connectivity index (χ2n) is 7.78. The number of carbonyl (C=O) groups is 1. The maximum absolute atomic E-state index is 13.1. The molecule has 0 fully saturated rings. The van der Waals surface area contributed by atoms with Crippen molar-refractivity contribution in [3.05, 3.63) is 90.0 Å². The zero-order valence-electron chi connectivity index (χ0n) is 18.5. The van der Waals surface area contributed by atoms with Gasteiger partial charge in [-0.3, -0.25) is 4.79 Å². The molecular formula is C26H22F3NO3S. The lowest BCUT2D eigenvalue weighted by Gasteiger charge is -2.22. The van der Waals surface area contributed by atoms with Gasteiger partial charge < -0.3 is 9.47 Å². The molecule has 0 spiro atoms. The summed E-state index contributed by atoms with van der Waals surface area (Å²) in [4.78, 5) is 13.0. The summed E-state index contributed by atoms with van der Waals surface area (Å²) in [6.45, 7) is 3.54. The molecule has 8 heteroatoms. The predicted molar refractivity (Wildman–Crippen MR) is 123 cm³/mol. The first-order chi connectivity index (χ1) is 16.2. The Morgan fingerprint density at radius 2 is 1.56 bits per heavy atom. The number of thioether (sulfide) groups is 1. The highest BCUT2D eigenvalue weighted by Crippen LogP contribution is 2.39. The Morgan fingerprint density at radius 1 is 0.912 bits per heavy atom. The van der Waals surface area contributed by atoms with E-state index in [2.05, 4.69) is 0 Å². The second kappa shape index (κ2) is 11.1. The predicted octanol–water partition coefficient (Wildman–Crippen LogP) is 7.64. The van der Waals surface area contributed by atoms with E-state index in [1.807, 2.05) is 24.3 Å². The molecule has 3 rings (SSSR count). The van der Waals surface area contributed by atoms with Gasteiger partial charge in [-0.2, -0.15) is 18.4 Å². The van der Waals surface area contributed by atoms with E-state index in [4.69, 9.17) is 9.47 Å². The summed E-state index contributed by atoms with van der Waals surface area (Å²) < 4.78 is 49.7. The van der Waals surface area contributed by atoms with Gasteiger partial charge in [0.1, 0.15) is 17.6 Å². The number of nitriles is 1. The smallest absolute Gasteiger partial charge is 0.446 e. The van der Waals surface area contributed by atoms with Crippen LogP contribution in [0.4, 0.5) is 13.2 Å². The minimum Gasteiger partial charge on any atom is -0.457 e. The normalized spacial score (nSPS) is 13.1. The third-order valence-electron chi connectivity index (χ3n) is 4.86. The third kappa shape index (κ3) is 7.03. The molecule has 0 bridgehead atoms. The van der Waals surface area contributed by atoms with Gasteiger partial charge in [-0.05, 0) is 59.6 Å². The number of hydrogen-bond acceptors (Lipinski definition) is 5. The fourth-order valence-corrected chi connectivity index (χ4v) is 4.03. The molecule has 0 N–H and O–H groups in total. The fourth-order valence-electron chi connectivity index (χ4n) is 3.42. The van der Waals surface area contributed by atoms with Crippen molar-refractivity contribution in [2.75, 3.05) is 0 Å². The van der Waals surface area contributed by atoms with Crippen LogP contribution in [0.1, 0.15) is 37.0 Å². The van der Waals surface area contributed by atoms with Gasteiger partial charge in [0.25, 0.3) is 0 Å². The Balaban J connectivity index is 1.80. The molecule has 0 aliphatic rings. The summed E-state index contributed by atoms with van der Waals surface area (Å²) in [5.74, 6) is -0.719. The topological polar surface area (TPSA) is 59.3 Å². The average molecular weight is 486 g/mol. The molecule has 3 aromatic carbocycles. The first-order valence-corrected chi connectivity index (χ1v) is 11.3. The molecule has 0 saturated heterocycles. The van der Waals surface area contributed by atoms with Crippen molar-refractivity contribution in [2.45, 2.75) is 36.3 Å². The van der Waals surface area contributed by atoms with E-state index in [-0.39, 0.29) is 22.6 Å². The number of halogens is 3. The van der Waals surface area contributed by atoms with Crippen molar-refractivity contribution in [2.24, 2.45) is 5.92 Å². The van der Waals surface area contributed by atoms with E-state index in [1.54, 1.807) is 56.3 Å². The van der Waals surface area contributed by atoms with Crippen LogP contribution in [-0.2, 0) is 9.53 Å². The van der Waals surface area contributed by atoms with Gasteiger partial charge >= 0.3 is 11.5 Å². The van der Waals surface area contributed by atoms with Crippen molar-refractivity contribution in [3.63, 3.8) is 0 Å². The maximum Gasteiger partial charge on any atom is 0.446 e. The highest BCUT2D eigenvalue weighted by atomic mass is 32.2. The molecule has 0 radical (unpaired) electrons. The van der Waals surface area contributed by atoms with Gasteiger partial charge in [0, 0.05) is 10.5 Å². The van der Waals surface area contributed by atoms with Gasteiger partial charge in [0.15, 0.2) is 0 Å². The van der Waals surface area contributed by atoms with Crippen molar-refractivity contribution >= 4 is 17.7 Å². The first-order valence-electron chi connectivity index (χ1n) is 10.4. The standard InChI is InChI=1S/C26H22F3NO3S/c1-17(2)24(19-9-7-13-22(15-19)34-26(27,28)29)25(31)33-23(16-30)18-8-6-12-21(14-18)32-20-10-4-3-5-11-20/h3-15,17,23-24H,1-2H3. The molecule has 176 valence electrons. The second-order valence-corrected chi connectivity index (χ2v) is 8.91. The number of hydrogen-bond donors (Lipinski definition) is 0.